The molecule has 0 aliphatic carbocycles. The quantitative estimate of drug-likeness (QED) is 0.651. The first-order chi connectivity index (χ1) is 5.86. The molecule has 0 bridgehead atoms. The Hall–Kier alpha value is -1.07. The fourth-order valence-corrected chi connectivity index (χ4v) is 2.60. The highest BCUT2D eigenvalue weighted by atomic mass is 32.9. The average molecular weight is 196 g/mol. The van der Waals surface area contributed by atoms with Gasteiger partial charge in [-0.1, -0.05) is 10.3 Å². The van der Waals surface area contributed by atoms with Gasteiger partial charge in [-0.05, 0) is 10.3 Å². The fourth-order valence-electron chi connectivity index (χ4n) is 0.784. The van der Waals surface area contributed by atoms with E-state index in [2.05, 4.69) is 9.97 Å². The zero-order valence-electron chi connectivity index (χ0n) is 5.93. The summed E-state index contributed by atoms with van der Waals surface area (Å²) in [7, 11) is 2.65. The first-order valence-corrected chi connectivity index (χ1v) is 5.38. The van der Waals surface area contributed by atoms with E-state index in [0.717, 1.165) is 10.6 Å². The van der Waals surface area contributed by atoms with Gasteiger partial charge in [0.1, 0.15) is 0 Å². The minimum atomic E-state index is 0.0700. The van der Waals surface area contributed by atoms with Crippen molar-refractivity contribution < 1.29 is 0 Å². The molecule has 0 aromatic carbocycles. The average Bonchev–Trinajstić information content (AvgIpc) is 2.54. The maximum absolute atomic E-state index is 10.8. The van der Waals surface area contributed by atoms with Gasteiger partial charge in [-0.3, -0.25) is 14.8 Å². The van der Waals surface area contributed by atoms with Crippen LogP contribution in [0.4, 0.5) is 0 Å². The van der Waals surface area contributed by atoms with Gasteiger partial charge in [-0.25, -0.2) is 0 Å². The normalized spacial score (nSPS) is 10.0. The second-order valence-corrected chi connectivity index (χ2v) is 4.26. The maximum atomic E-state index is 10.8. The van der Waals surface area contributed by atoms with Crippen LogP contribution in [0.25, 0.3) is 10.6 Å². The molecule has 0 unspecified atom stereocenters. The van der Waals surface area contributed by atoms with Crippen molar-refractivity contribution in [2.75, 3.05) is 0 Å². The molecule has 0 aliphatic rings. The molecule has 0 spiro atoms. The van der Waals surface area contributed by atoms with Crippen LogP contribution >= 0.6 is 20.7 Å². The van der Waals surface area contributed by atoms with Gasteiger partial charge in [0, 0.05) is 18.5 Å². The van der Waals surface area contributed by atoms with Crippen LogP contribution in [0.3, 0.4) is 0 Å². The van der Waals surface area contributed by atoms with E-state index in [9.17, 15) is 4.79 Å². The van der Waals surface area contributed by atoms with E-state index in [-0.39, 0.29) is 4.74 Å². The third-order valence-electron chi connectivity index (χ3n) is 1.28. The number of aromatic nitrogens is 2. The van der Waals surface area contributed by atoms with Gasteiger partial charge < -0.3 is 0 Å². The Balaban J connectivity index is 2.51. The van der Waals surface area contributed by atoms with Crippen molar-refractivity contribution in [1.29, 1.82) is 0 Å². The molecule has 12 heavy (non-hydrogen) atoms. The lowest BCUT2D eigenvalue weighted by atomic mass is 10.4. The van der Waals surface area contributed by atoms with Crippen LogP contribution in [0.1, 0.15) is 0 Å². The summed E-state index contributed by atoms with van der Waals surface area (Å²) in [6, 6.07) is 1.58. The second kappa shape index (κ2) is 3.12. The van der Waals surface area contributed by atoms with Gasteiger partial charge in [-0.2, -0.15) is 0 Å². The fraction of sp³-hybridized carbons (Fsp3) is 0. The van der Waals surface area contributed by atoms with Gasteiger partial charge >= 0.3 is 0 Å². The molecule has 3 nitrogen and oxygen atoms in total. The van der Waals surface area contributed by atoms with Crippen LogP contribution in [-0.4, -0.2) is 9.97 Å². The predicted molar refractivity (Wildman–Crippen MR) is 49.5 cm³/mol. The molecular formula is C7H4N2OS2. The SMILES string of the molecule is O=c1cc(-c2cnccn2)ss1. The number of hydrogen-bond donors (Lipinski definition) is 0. The van der Waals surface area contributed by atoms with Crippen molar-refractivity contribution in [2.24, 2.45) is 0 Å². The number of nitrogens with zero attached hydrogens (tertiary/aromatic N) is 2. The van der Waals surface area contributed by atoms with E-state index < -0.39 is 0 Å². The zero-order chi connectivity index (χ0) is 8.39. The Kier molecular flexibility index (Phi) is 1.97. The van der Waals surface area contributed by atoms with Crippen LogP contribution in [-0.2, 0) is 0 Å². The highest BCUT2D eigenvalue weighted by molar-refractivity contribution is 7.69. The van der Waals surface area contributed by atoms with E-state index in [1.54, 1.807) is 24.7 Å². The van der Waals surface area contributed by atoms with Gasteiger partial charge in [0.2, 0.25) is 4.74 Å². The molecular weight excluding hydrogens is 192 g/mol. The van der Waals surface area contributed by atoms with Crippen LogP contribution in [0.15, 0.2) is 29.5 Å². The first kappa shape index (κ1) is 7.57. The summed E-state index contributed by atoms with van der Waals surface area (Å²) in [6.45, 7) is 0. The Bertz CT molecular complexity index is 420. The molecule has 0 radical (unpaired) electrons. The Labute approximate surface area is 75.8 Å². The summed E-state index contributed by atoms with van der Waals surface area (Å²) in [5.41, 5.74) is 0.765. The minimum absolute atomic E-state index is 0.0700. The molecule has 2 aromatic rings. The molecule has 5 heteroatoms. The lowest BCUT2D eigenvalue weighted by molar-refractivity contribution is 1.21. The highest BCUT2D eigenvalue weighted by Crippen LogP contribution is 2.21. The maximum Gasteiger partial charge on any atom is 0.243 e. The molecule has 0 atom stereocenters. The topological polar surface area (TPSA) is 42.9 Å². The van der Waals surface area contributed by atoms with Gasteiger partial charge in [0.25, 0.3) is 0 Å². The number of hydrogen-bond acceptors (Lipinski definition) is 5. The van der Waals surface area contributed by atoms with Crippen molar-refractivity contribution in [3.8, 4) is 10.6 Å². The monoisotopic (exact) mass is 196 g/mol. The molecule has 2 heterocycles. The van der Waals surface area contributed by atoms with Gasteiger partial charge in [0.05, 0.1) is 16.8 Å². The Morgan fingerprint density at radius 2 is 2.17 bits per heavy atom. The van der Waals surface area contributed by atoms with Crippen LogP contribution in [0.2, 0.25) is 0 Å². The van der Waals surface area contributed by atoms with Crippen molar-refractivity contribution in [1.82, 2.24) is 9.97 Å². The summed E-state index contributed by atoms with van der Waals surface area (Å²) >= 11 is 0. The van der Waals surface area contributed by atoms with Crippen molar-refractivity contribution in [3.63, 3.8) is 0 Å². The predicted octanol–water partition coefficient (Wildman–Crippen LogP) is 1.63. The van der Waals surface area contributed by atoms with E-state index in [4.69, 9.17) is 0 Å². The van der Waals surface area contributed by atoms with Crippen molar-refractivity contribution in [2.45, 2.75) is 0 Å². The van der Waals surface area contributed by atoms with Crippen LogP contribution in [0, 0.1) is 0 Å². The van der Waals surface area contributed by atoms with Gasteiger partial charge in [-0.15, -0.1) is 0 Å². The summed E-state index contributed by atoms with van der Waals surface area (Å²) < 4.78 is 0.0700. The lowest BCUT2D eigenvalue weighted by Crippen LogP contribution is -1.84. The second-order valence-electron chi connectivity index (χ2n) is 2.08. The van der Waals surface area contributed by atoms with Crippen LogP contribution in [0.5, 0.6) is 0 Å². The molecule has 0 fully saturated rings. The molecule has 0 saturated carbocycles. The number of rotatable bonds is 1. The summed E-state index contributed by atoms with van der Waals surface area (Å²) in [6.07, 6.45) is 4.88. The third kappa shape index (κ3) is 1.41. The van der Waals surface area contributed by atoms with Crippen molar-refractivity contribution in [3.05, 3.63) is 34.2 Å². The summed E-state index contributed by atoms with van der Waals surface area (Å²) in [4.78, 5) is 19.7. The summed E-state index contributed by atoms with van der Waals surface area (Å²) in [5, 5.41) is 0. The zero-order valence-corrected chi connectivity index (χ0v) is 7.56. The molecule has 0 amide bonds. The minimum Gasteiger partial charge on any atom is -0.277 e. The molecule has 2 rings (SSSR count). The molecule has 0 saturated heterocycles. The van der Waals surface area contributed by atoms with Crippen LogP contribution < -0.4 is 4.74 Å². The standard InChI is InChI=1S/C7H4N2OS2/c10-7-3-6(11-12-7)5-4-8-1-2-9-5/h1-4H. The lowest BCUT2D eigenvalue weighted by Gasteiger charge is -1.90. The van der Waals surface area contributed by atoms with E-state index in [1.165, 1.54) is 20.7 Å². The van der Waals surface area contributed by atoms with Gasteiger partial charge in [0.15, 0.2) is 0 Å². The highest BCUT2D eigenvalue weighted by Gasteiger charge is 2.01. The molecule has 60 valence electrons. The van der Waals surface area contributed by atoms with E-state index >= 15 is 0 Å². The third-order valence-corrected chi connectivity index (χ3v) is 3.43. The van der Waals surface area contributed by atoms with E-state index in [1.807, 2.05) is 0 Å². The summed E-state index contributed by atoms with van der Waals surface area (Å²) in [5.74, 6) is 0. The molecule has 0 aliphatic heterocycles. The molecule has 2 aromatic heterocycles. The molecule has 0 N–H and O–H groups in total. The largest absolute Gasteiger partial charge is 0.277 e. The Morgan fingerprint density at radius 3 is 2.75 bits per heavy atom. The Morgan fingerprint density at radius 1 is 1.25 bits per heavy atom. The van der Waals surface area contributed by atoms with Crippen molar-refractivity contribution >= 4 is 20.7 Å². The smallest absolute Gasteiger partial charge is 0.243 e. The van der Waals surface area contributed by atoms with E-state index in [0.29, 0.717) is 0 Å². The first-order valence-electron chi connectivity index (χ1n) is 3.23.